The summed E-state index contributed by atoms with van der Waals surface area (Å²) in [5.41, 5.74) is 3.12. The van der Waals surface area contributed by atoms with Crippen LogP contribution in [0.25, 0.3) is 10.9 Å². The van der Waals surface area contributed by atoms with Gasteiger partial charge in [0.2, 0.25) is 0 Å². The molecule has 0 amide bonds. The average Bonchev–Trinajstić information content (AvgIpc) is 2.97. The molecule has 0 aliphatic heterocycles. The number of halogens is 1. The monoisotopic (exact) mass is 302 g/mol. The molecule has 2 nitrogen and oxygen atoms in total. The number of rotatable bonds is 4. The lowest BCUT2D eigenvalue weighted by Crippen LogP contribution is -2.04. The van der Waals surface area contributed by atoms with Gasteiger partial charge < -0.3 is 5.32 Å². The van der Waals surface area contributed by atoms with Crippen molar-refractivity contribution in [1.29, 1.82) is 0 Å². The molecule has 0 saturated heterocycles. The molecule has 0 spiro atoms. The molecule has 0 unspecified atom stereocenters. The Morgan fingerprint density at radius 1 is 1.25 bits per heavy atom. The van der Waals surface area contributed by atoms with Gasteiger partial charge in [0.25, 0.3) is 0 Å². The fourth-order valence-electron chi connectivity index (χ4n) is 2.26. The van der Waals surface area contributed by atoms with Crippen LogP contribution >= 0.6 is 22.9 Å². The maximum atomic E-state index is 6.15. The number of hydrogen-bond donors (Lipinski definition) is 1. The summed E-state index contributed by atoms with van der Waals surface area (Å²) in [4.78, 5) is 5.84. The molecule has 1 N–H and O–H groups in total. The Hall–Kier alpha value is -1.58. The maximum absolute atomic E-state index is 6.15. The van der Waals surface area contributed by atoms with Gasteiger partial charge in [0, 0.05) is 33.7 Å². The Kier molecular flexibility index (Phi) is 3.90. The number of aryl methyl sites for hydroxylation is 1. The summed E-state index contributed by atoms with van der Waals surface area (Å²) in [6.07, 6.45) is 2.87. The van der Waals surface area contributed by atoms with Crippen molar-refractivity contribution in [3.8, 4) is 0 Å². The van der Waals surface area contributed by atoms with Gasteiger partial charge in [-0.1, -0.05) is 17.7 Å². The quantitative estimate of drug-likeness (QED) is 0.740. The third-order valence-corrected chi connectivity index (χ3v) is 4.71. The van der Waals surface area contributed by atoms with E-state index < -0.39 is 0 Å². The summed E-state index contributed by atoms with van der Waals surface area (Å²) in [7, 11) is 0. The van der Waals surface area contributed by atoms with Gasteiger partial charge in [0.05, 0.1) is 5.52 Å². The molecule has 0 bridgehead atoms. The van der Waals surface area contributed by atoms with Crippen LogP contribution in [0.15, 0.2) is 41.9 Å². The molecular formula is C16H15ClN2S. The van der Waals surface area contributed by atoms with Crippen molar-refractivity contribution < 1.29 is 0 Å². The minimum Gasteiger partial charge on any atom is -0.384 e. The molecule has 4 heteroatoms. The van der Waals surface area contributed by atoms with Crippen LogP contribution in [0.4, 0.5) is 5.69 Å². The number of thiophene rings is 1. The van der Waals surface area contributed by atoms with E-state index in [4.69, 9.17) is 11.6 Å². The van der Waals surface area contributed by atoms with Crippen molar-refractivity contribution in [2.24, 2.45) is 0 Å². The first kappa shape index (κ1) is 13.4. The lowest BCUT2D eigenvalue weighted by Gasteiger charge is -2.10. The number of benzene rings is 1. The highest BCUT2D eigenvalue weighted by Crippen LogP contribution is 2.28. The van der Waals surface area contributed by atoms with Crippen LogP contribution in [0.5, 0.6) is 0 Å². The van der Waals surface area contributed by atoms with Gasteiger partial charge in [-0.15, -0.1) is 11.3 Å². The predicted octanol–water partition coefficient (Wildman–Crippen LogP) is 4.91. The molecule has 1 aromatic carbocycles. The van der Waals surface area contributed by atoms with Gasteiger partial charge >= 0.3 is 0 Å². The first-order chi connectivity index (χ1) is 9.75. The summed E-state index contributed by atoms with van der Waals surface area (Å²) >= 11 is 7.95. The third kappa shape index (κ3) is 2.65. The van der Waals surface area contributed by atoms with Crippen LogP contribution in [0.2, 0.25) is 5.02 Å². The number of nitrogens with zero attached hydrogens (tertiary/aromatic N) is 1. The van der Waals surface area contributed by atoms with Crippen molar-refractivity contribution in [3.05, 3.63) is 57.4 Å². The predicted molar refractivity (Wildman–Crippen MR) is 88.0 cm³/mol. The molecule has 0 aliphatic rings. The van der Waals surface area contributed by atoms with Gasteiger partial charge in [-0.05, 0) is 48.6 Å². The van der Waals surface area contributed by atoms with Gasteiger partial charge in [0.15, 0.2) is 0 Å². The van der Waals surface area contributed by atoms with Gasteiger partial charge in [-0.3, -0.25) is 4.98 Å². The average molecular weight is 303 g/mol. The Labute approximate surface area is 127 Å². The molecule has 3 aromatic rings. The number of nitrogens with one attached hydrogen (secondary N) is 1. The fourth-order valence-corrected chi connectivity index (χ4v) is 3.13. The third-order valence-electron chi connectivity index (χ3n) is 3.37. The zero-order valence-electron chi connectivity index (χ0n) is 11.2. The van der Waals surface area contributed by atoms with Crippen LogP contribution in [-0.2, 0) is 6.42 Å². The highest BCUT2D eigenvalue weighted by atomic mass is 35.5. The Morgan fingerprint density at radius 3 is 2.95 bits per heavy atom. The molecule has 0 fully saturated rings. The smallest absolute Gasteiger partial charge is 0.0766 e. The van der Waals surface area contributed by atoms with E-state index in [1.54, 1.807) is 11.3 Å². The summed E-state index contributed by atoms with van der Waals surface area (Å²) in [6.45, 7) is 2.92. The second kappa shape index (κ2) is 5.81. The number of fused-ring (bicyclic) bond motifs is 1. The lowest BCUT2D eigenvalue weighted by atomic mass is 10.1. The van der Waals surface area contributed by atoms with Gasteiger partial charge in [-0.25, -0.2) is 0 Å². The van der Waals surface area contributed by atoms with E-state index >= 15 is 0 Å². The number of pyridine rings is 1. The lowest BCUT2D eigenvalue weighted by molar-refractivity contribution is 1.05. The Morgan fingerprint density at radius 2 is 2.15 bits per heavy atom. The first-order valence-electron chi connectivity index (χ1n) is 6.56. The van der Waals surface area contributed by atoms with Gasteiger partial charge in [0.1, 0.15) is 0 Å². The standard InChI is InChI=1S/C16H15ClN2S/c1-11-14(17)5-4-13-15(7-9-19-16(11)13)18-8-6-12-3-2-10-20-12/h2-5,7,9-10H,6,8H2,1H3,(H,18,19). The first-order valence-corrected chi connectivity index (χ1v) is 7.81. The van der Waals surface area contributed by atoms with E-state index in [2.05, 4.69) is 27.8 Å². The topological polar surface area (TPSA) is 24.9 Å². The molecule has 20 heavy (non-hydrogen) atoms. The molecule has 2 heterocycles. The zero-order valence-corrected chi connectivity index (χ0v) is 12.8. The second-order valence-electron chi connectivity index (χ2n) is 4.68. The summed E-state index contributed by atoms with van der Waals surface area (Å²) in [6, 6.07) is 10.2. The van der Waals surface area contributed by atoms with Crippen LogP contribution in [0, 0.1) is 6.92 Å². The van der Waals surface area contributed by atoms with E-state index in [0.29, 0.717) is 0 Å². The fraction of sp³-hybridized carbons (Fsp3) is 0.188. The summed E-state index contributed by atoms with van der Waals surface area (Å²) in [5.74, 6) is 0. The van der Waals surface area contributed by atoms with Gasteiger partial charge in [-0.2, -0.15) is 0 Å². The molecule has 0 atom stereocenters. The summed E-state index contributed by atoms with van der Waals surface area (Å²) < 4.78 is 0. The Balaban J connectivity index is 1.83. The van der Waals surface area contributed by atoms with Crippen LogP contribution < -0.4 is 5.32 Å². The van der Waals surface area contributed by atoms with E-state index in [0.717, 1.165) is 40.1 Å². The molecular weight excluding hydrogens is 288 g/mol. The highest BCUT2D eigenvalue weighted by Gasteiger charge is 2.06. The minimum atomic E-state index is 0.765. The van der Waals surface area contributed by atoms with Crippen molar-refractivity contribution in [2.45, 2.75) is 13.3 Å². The van der Waals surface area contributed by atoms with Crippen LogP contribution in [-0.4, -0.2) is 11.5 Å². The molecule has 0 radical (unpaired) electrons. The normalized spacial score (nSPS) is 10.9. The van der Waals surface area contributed by atoms with Crippen molar-refractivity contribution >= 4 is 39.5 Å². The zero-order chi connectivity index (χ0) is 13.9. The molecule has 102 valence electrons. The van der Waals surface area contributed by atoms with Crippen molar-refractivity contribution in [1.82, 2.24) is 4.98 Å². The van der Waals surface area contributed by atoms with E-state index in [1.165, 1.54) is 4.88 Å². The molecule has 2 aromatic heterocycles. The highest BCUT2D eigenvalue weighted by molar-refractivity contribution is 7.09. The van der Waals surface area contributed by atoms with Crippen molar-refractivity contribution in [2.75, 3.05) is 11.9 Å². The van der Waals surface area contributed by atoms with E-state index in [-0.39, 0.29) is 0 Å². The number of anilines is 1. The molecule has 3 rings (SSSR count). The van der Waals surface area contributed by atoms with Crippen LogP contribution in [0.3, 0.4) is 0 Å². The minimum absolute atomic E-state index is 0.765. The number of hydrogen-bond acceptors (Lipinski definition) is 3. The van der Waals surface area contributed by atoms with E-state index in [9.17, 15) is 0 Å². The number of aromatic nitrogens is 1. The SMILES string of the molecule is Cc1c(Cl)ccc2c(NCCc3cccs3)ccnc12. The second-order valence-corrected chi connectivity index (χ2v) is 6.12. The van der Waals surface area contributed by atoms with Crippen molar-refractivity contribution in [3.63, 3.8) is 0 Å². The maximum Gasteiger partial charge on any atom is 0.0766 e. The summed E-state index contributed by atoms with van der Waals surface area (Å²) in [5, 5.41) is 7.50. The van der Waals surface area contributed by atoms with Crippen LogP contribution in [0.1, 0.15) is 10.4 Å². The largest absolute Gasteiger partial charge is 0.384 e. The Bertz CT molecular complexity index is 723. The van der Waals surface area contributed by atoms with E-state index in [1.807, 2.05) is 31.3 Å². The molecule has 0 aliphatic carbocycles. The molecule has 0 saturated carbocycles.